The monoisotopic (exact) mass is 631 g/mol. The topological polar surface area (TPSA) is 111 Å². The van der Waals surface area contributed by atoms with Gasteiger partial charge in [-0.05, 0) is 74.9 Å². The average molecular weight is 632 g/mol. The fourth-order valence-corrected chi connectivity index (χ4v) is 5.36. The smallest absolute Gasteiger partial charge is 0.416 e. The van der Waals surface area contributed by atoms with E-state index in [1.807, 2.05) is 6.92 Å². The van der Waals surface area contributed by atoms with Gasteiger partial charge in [-0.15, -0.1) is 0 Å². The summed E-state index contributed by atoms with van der Waals surface area (Å²) in [5.41, 5.74) is 2.13. The summed E-state index contributed by atoms with van der Waals surface area (Å²) in [7, 11) is -4.13. The summed E-state index contributed by atoms with van der Waals surface area (Å²) in [6, 6.07) is 18.2. The first-order chi connectivity index (χ1) is 20.8. The molecule has 0 saturated carbocycles. The molecule has 1 aromatic heterocycles. The van der Waals surface area contributed by atoms with E-state index in [1.54, 1.807) is 62.4 Å². The Hall–Kier alpha value is -4.36. The Labute approximate surface area is 253 Å². The van der Waals surface area contributed by atoms with Gasteiger partial charge in [-0.1, -0.05) is 29.8 Å². The number of anilines is 1. The number of oxazole rings is 1. The van der Waals surface area contributed by atoms with Gasteiger partial charge in [-0.2, -0.15) is 25.9 Å². The van der Waals surface area contributed by atoms with Gasteiger partial charge in [-0.3, -0.25) is 9.52 Å². The van der Waals surface area contributed by atoms with Crippen molar-refractivity contribution in [3.8, 4) is 17.2 Å². The van der Waals surface area contributed by atoms with Crippen molar-refractivity contribution in [3.63, 3.8) is 0 Å². The summed E-state index contributed by atoms with van der Waals surface area (Å²) in [6.07, 6.45) is -4.08. The zero-order valence-electron chi connectivity index (χ0n) is 24.3. The third-order valence-electron chi connectivity index (χ3n) is 6.47. The molecule has 0 atom stereocenters. The largest absolute Gasteiger partial charge is 0.493 e. The number of rotatable bonds is 13. The molecule has 0 aliphatic carbocycles. The molecule has 13 heteroatoms. The average Bonchev–Trinajstić information content (AvgIpc) is 3.34. The number of carbonyl (C=O) groups excluding carboxylic acids is 1. The van der Waals surface area contributed by atoms with Crippen LogP contribution in [0.3, 0.4) is 0 Å². The number of alkyl halides is 3. The Bertz CT molecular complexity index is 1670. The molecule has 0 spiro atoms. The van der Waals surface area contributed by atoms with Gasteiger partial charge in [0.15, 0.2) is 0 Å². The van der Waals surface area contributed by atoms with Crippen LogP contribution in [-0.2, 0) is 38.9 Å². The Kier molecular flexibility index (Phi) is 10.3. The number of hydrogen-bond acceptors (Lipinski definition) is 7. The minimum atomic E-state index is -4.43. The molecule has 0 aliphatic heterocycles. The lowest BCUT2D eigenvalue weighted by Gasteiger charge is -2.22. The fraction of sp³-hybridized carbons (Fsp3) is 0.290. The number of hydrogen-bond donors (Lipinski definition) is 1. The minimum absolute atomic E-state index is 0.109. The Morgan fingerprint density at radius 1 is 1.02 bits per heavy atom. The highest BCUT2D eigenvalue weighted by molar-refractivity contribution is 7.90. The van der Waals surface area contributed by atoms with Gasteiger partial charge in [-0.25, -0.2) is 4.98 Å². The van der Waals surface area contributed by atoms with Gasteiger partial charge < -0.3 is 13.9 Å². The molecule has 1 N–H and O–H groups in total. The summed E-state index contributed by atoms with van der Waals surface area (Å²) < 4.78 is 85.2. The maximum atomic E-state index is 13.2. The van der Waals surface area contributed by atoms with Gasteiger partial charge in [0, 0.05) is 24.2 Å². The lowest BCUT2D eigenvalue weighted by molar-refractivity contribution is -0.143. The lowest BCUT2D eigenvalue weighted by atomic mass is 10.1. The standard InChI is InChI=1S/C31H32F3N3O6S/c1-4-41-29(38)20-37(44(39,40)36-26-14-8-21(2)9-15-26)19-23-6-5-7-27(18-23)42-17-16-28-22(3)43-30(35-28)24-10-12-25(13-11-24)31(32,33)34/h5-15,18,36H,4,16-17,19-20H2,1-3H3. The number of ether oxygens (including phenoxy) is 2. The van der Waals surface area contributed by atoms with Crippen LogP contribution in [0.4, 0.5) is 18.9 Å². The third-order valence-corrected chi connectivity index (χ3v) is 7.90. The van der Waals surface area contributed by atoms with E-state index in [0.29, 0.717) is 40.4 Å². The second-order valence-electron chi connectivity index (χ2n) is 9.89. The number of nitrogens with zero attached hydrogens (tertiary/aromatic N) is 2. The maximum absolute atomic E-state index is 13.2. The maximum Gasteiger partial charge on any atom is 0.416 e. The van der Waals surface area contributed by atoms with E-state index in [4.69, 9.17) is 13.9 Å². The molecule has 0 unspecified atom stereocenters. The summed E-state index contributed by atoms with van der Waals surface area (Å²) >= 11 is 0. The fourth-order valence-electron chi connectivity index (χ4n) is 4.20. The van der Waals surface area contributed by atoms with Gasteiger partial charge in [0.25, 0.3) is 0 Å². The van der Waals surface area contributed by atoms with Crippen molar-refractivity contribution < 1.29 is 40.3 Å². The molecule has 44 heavy (non-hydrogen) atoms. The highest BCUT2D eigenvalue weighted by Crippen LogP contribution is 2.31. The molecule has 4 rings (SSSR count). The van der Waals surface area contributed by atoms with E-state index in [9.17, 15) is 26.4 Å². The quantitative estimate of drug-likeness (QED) is 0.172. The Morgan fingerprint density at radius 3 is 2.39 bits per heavy atom. The van der Waals surface area contributed by atoms with Crippen molar-refractivity contribution in [1.82, 2.24) is 9.29 Å². The van der Waals surface area contributed by atoms with E-state index in [-0.39, 0.29) is 25.6 Å². The van der Waals surface area contributed by atoms with Crippen molar-refractivity contribution in [3.05, 3.63) is 101 Å². The molecule has 3 aromatic carbocycles. The lowest BCUT2D eigenvalue weighted by Crippen LogP contribution is -2.39. The van der Waals surface area contributed by atoms with Gasteiger partial charge in [0.1, 0.15) is 18.1 Å². The Morgan fingerprint density at radius 2 is 1.73 bits per heavy atom. The van der Waals surface area contributed by atoms with E-state index >= 15 is 0 Å². The van der Waals surface area contributed by atoms with Crippen LogP contribution < -0.4 is 9.46 Å². The molecule has 9 nitrogen and oxygen atoms in total. The van der Waals surface area contributed by atoms with Crippen LogP contribution in [0.1, 0.15) is 35.1 Å². The second-order valence-corrected chi connectivity index (χ2v) is 11.6. The predicted octanol–water partition coefficient (Wildman–Crippen LogP) is 6.32. The molecule has 1 heterocycles. The van der Waals surface area contributed by atoms with Crippen LogP contribution in [0.25, 0.3) is 11.5 Å². The SMILES string of the molecule is CCOC(=O)CN(Cc1cccc(OCCc2nc(-c3ccc(C(F)(F)F)cc3)oc2C)c1)S(=O)(=O)Nc1ccc(C)cc1. The van der Waals surface area contributed by atoms with Crippen LogP contribution in [0.5, 0.6) is 5.75 Å². The predicted molar refractivity (Wildman–Crippen MR) is 158 cm³/mol. The van der Waals surface area contributed by atoms with Crippen molar-refractivity contribution in [2.75, 3.05) is 24.5 Å². The number of esters is 1. The number of halogens is 3. The Balaban J connectivity index is 1.41. The highest BCUT2D eigenvalue weighted by atomic mass is 32.2. The molecule has 4 aromatic rings. The summed E-state index contributed by atoms with van der Waals surface area (Å²) in [5, 5.41) is 0. The molecule has 234 valence electrons. The molecular formula is C31H32F3N3O6S. The number of benzene rings is 3. The normalized spacial score (nSPS) is 11.9. The first kappa shape index (κ1) is 32.6. The zero-order valence-corrected chi connectivity index (χ0v) is 25.2. The van der Waals surface area contributed by atoms with Crippen LogP contribution in [0, 0.1) is 13.8 Å². The van der Waals surface area contributed by atoms with E-state index in [1.165, 1.54) is 12.1 Å². The van der Waals surface area contributed by atoms with Crippen molar-refractivity contribution >= 4 is 21.9 Å². The van der Waals surface area contributed by atoms with Crippen molar-refractivity contribution in [1.29, 1.82) is 0 Å². The second kappa shape index (κ2) is 14.0. The number of nitrogens with one attached hydrogen (secondary N) is 1. The molecular weight excluding hydrogens is 599 g/mol. The molecule has 0 aliphatic rings. The molecule has 0 fully saturated rings. The van der Waals surface area contributed by atoms with E-state index in [0.717, 1.165) is 22.0 Å². The molecule has 0 amide bonds. The highest BCUT2D eigenvalue weighted by Gasteiger charge is 2.30. The van der Waals surface area contributed by atoms with Crippen molar-refractivity contribution in [2.24, 2.45) is 0 Å². The van der Waals surface area contributed by atoms with Gasteiger partial charge in [0.05, 0.1) is 24.5 Å². The van der Waals surface area contributed by atoms with Crippen LogP contribution >= 0.6 is 0 Å². The molecule has 0 radical (unpaired) electrons. The summed E-state index contributed by atoms with van der Waals surface area (Å²) in [5.74, 6) is 0.493. The van der Waals surface area contributed by atoms with Gasteiger partial charge >= 0.3 is 22.4 Å². The van der Waals surface area contributed by atoms with E-state index < -0.39 is 34.5 Å². The molecule has 0 saturated heterocycles. The zero-order chi connectivity index (χ0) is 31.9. The van der Waals surface area contributed by atoms with Crippen LogP contribution in [0.2, 0.25) is 0 Å². The minimum Gasteiger partial charge on any atom is -0.493 e. The summed E-state index contributed by atoms with van der Waals surface area (Å²) in [6.45, 7) is 4.91. The third kappa shape index (κ3) is 8.83. The first-order valence-corrected chi connectivity index (χ1v) is 15.1. The van der Waals surface area contributed by atoms with Crippen LogP contribution in [-0.4, -0.2) is 43.4 Å². The number of aryl methyl sites for hydroxylation is 2. The summed E-state index contributed by atoms with van der Waals surface area (Å²) in [4.78, 5) is 16.7. The van der Waals surface area contributed by atoms with Crippen molar-refractivity contribution in [2.45, 2.75) is 39.9 Å². The van der Waals surface area contributed by atoms with E-state index in [2.05, 4.69) is 9.71 Å². The first-order valence-electron chi connectivity index (χ1n) is 13.7. The van der Waals surface area contributed by atoms with Crippen LogP contribution in [0.15, 0.2) is 77.2 Å². The number of aromatic nitrogens is 1. The number of carbonyl (C=O) groups is 1. The van der Waals surface area contributed by atoms with Gasteiger partial charge in [0.2, 0.25) is 5.89 Å². The molecule has 0 bridgehead atoms.